The van der Waals surface area contributed by atoms with Crippen molar-refractivity contribution in [2.75, 3.05) is 0 Å². The number of carbonyl (C=O) groups excluding carboxylic acids is 1. The summed E-state index contributed by atoms with van der Waals surface area (Å²) in [6, 6.07) is 18.1. The number of aliphatic hydroxyl groups excluding tert-OH is 1. The van der Waals surface area contributed by atoms with Crippen molar-refractivity contribution in [3.63, 3.8) is 0 Å². The molecule has 0 spiro atoms. The van der Waals surface area contributed by atoms with Gasteiger partial charge in [0.1, 0.15) is 11.9 Å². The zero-order chi connectivity index (χ0) is 28.6. The number of aromatic hydroxyl groups is 1. The fraction of sp³-hybridized carbons (Fsp3) is 0.412. The number of hydrogen-bond donors (Lipinski definition) is 3. The molecule has 6 nitrogen and oxygen atoms in total. The van der Waals surface area contributed by atoms with Crippen LogP contribution in [-0.2, 0) is 6.54 Å². The third-order valence-electron chi connectivity index (χ3n) is 8.06. The van der Waals surface area contributed by atoms with E-state index >= 15 is 0 Å². The molecule has 1 heterocycles. The van der Waals surface area contributed by atoms with Crippen LogP contribution in [0.2, 0.25) is 0 Å². The third-order valence-corrected chi connectivity index (χ3v) is 8.06. The van der Waals surface area contributed by atoms with E-state index in [1.54, 1.807) is 12.1 Å². The van der Waals surface area contributed by atoms with Gasteiger partial charge in [-0.05, 0) is 85.3 Å². The van der Waals surface area contributed by atoms with Gasteiger partial charge in [0, 0.05) is 39.5 Å². The van der Waals surface area contributed by atoms with Crippen LogP contribution in [0.5, 0.6) is 5.75 Å². The van der Waals surface area contributed by atoms with Gasteiger partial charge in [-0.25, -0.2) is 0 Å². The molecule has 0 amide bonds. The minimum atomic E-state index is -1.00. The molecular formula is C34H42N2O4. The van der Waals surface area contributed by atoms with E-state index in [0.717, 1.165) is 60.5 Å². The summed E-state index contributed by atoms with van der Waals surface area (Å²) in [5.74, 6) is 0.545. The number of phenols is 1. The molecule has 0 aliphatic heterocycles. The molecule has 0 bridgehead atoms. The first-order chi connectivity index (χ1) is 19.4. The van der Waals surface area contributed by atoms with E-state index in [1.165, 1.54) is 25.0 Å². The predicted octanol–water partition coefficient (Wildman–Crippen LogP) is 8.39. The number of rotatable bonds is 14. The molecule has 2 unspecified atom stereocenters. The van der Waals surface area contributed by atoms with Crippen molar-refractivity contribution in [1.29, 1.82) is 0 Å². The van der Waals surface area contributed by atoms with Crippen molar-refractivity contribution >= 4 is 33.3 Å². The lowest BCUT2D eigenvalue weighted by Crippen LogP contribution is -2.12. The first kappa shape index (κ1) is 29.3. The van der Waals surface area contributed by atoms with Crippen molar-refractivity contribution in [2.24, 2.45) is 11.1 Å². The van der Waals surface area contributed by atoms with Crippen molar-refractivity contribution in [2.45, 2.75) is 84.8 Å². The highest BCUT2D eigenvalue weighted by atomic mass is 16.4. The Morgan fingerprint density at radius 1 is 0.850 bits per heavy atom. The summed E-state index contributed by atoms with van der Waals surface area (Å²) in [5.41, 5.74) is 4.23. The van der Waals surface area contributed by atoms with E-state index in [9.17, 15) is 20.2 Å². The van der Waals surface area contributed by atoms with Crippen LogP contribution in [0.25, 0.3) is 21.8 Å². The van der Waals surface area contributed by atoms with Crippen molar-refractivity contribution in [3.05, 3.63) is 77.4 Å². The maximum absolute atomic E-state index is 13.3. The molecule has 6 heteroatoms. The molecule has 3 aromatic carbocycles. The van der Waals surface area contributed by atoms with Gasteiger partial charge < -0.3 is 20.0 Å². The van der Waals surface area contributed by atoms with Crippen LogP contribution in [0.1, 0.15) is 99.7 Å². The fourth-order valence-electron chi connectivity index (χ4n) is 5.57. The average Bonchev–Trinajstić information content (AvgIpc) is 3.29. The molecule has 0 aliphatic rings. The van der Waals surface area contributed by atoms with Gasteiger partial charge in [-0.3, -0.25) is 4.79 Å². The number of benzene rings is 3. The van der Waals surface area contributed by atoms with Gasteiger partial charge in [-0.1, -0.05) is 64.1 Å². The number of aliphatic hydroxyl groups is 1. The maximum atomic E-state index is 13.3. The lowest BCUT2D eigenvalue weighted by molar-refractivity contribution is 0.103. The Morgan fingerprint density at radius 3 is 2.15 bits per heavy atom. The Kier molecular flexibility index (Phi) is 9.99. The average molecular weight is 543 g/mol. The largest absolute Gasteiger partial charge is 0.508 e. The lowest BCUT2D eigenvalue weighted by atomic mass is 9.97. The molecule has 2 atom stereocenters. The van der Waals surface area contributed by atoms with Crippen LogP contribution in [0.15, 0.2) is 65.8 Å². The molecule has 0 saturated heterocycles. The quantitative estimate of drug-likeness (QED) is 0.0490. The van der Waals surface area contributed by atoms with E-state index in [4.69, 9.17) is 0 Å². The van der Waals surface area contributed by atoms with Crippen LogP contribution in [-0.4, -0.2) is 31.5 Å². The molecule has 1 aromatic heterocycles. The van der Waals surface area contributed by atoms with Crippen molar-refractivity contribution in [3.8, 4) is 5.75 Å². The molecular weight excluding hydrogens is 500 g/mol. The topological polar surface area (TPSA) is 95.1 Å². The van der Waals surface area contributed by atoms with E-state index in [2.05, 4.69) is 30.5 Å². The van der Waals surface area contributed by atoms with Gasteiger partial charge in [-0.15, -0.1) is 0 Å². The van der Waals surface area contributed by atoms with Crippen LogP contribution in [0.4, 0.5) is 0 Å². The Bertz CT molecular complexity index is 1470. The highest BCUT2D eigenvalue weighted by Gasteiger charge is 2.21. The molecule has 0 fully saturated rings. The number of fused-ring (bicyclic) bond motifs is 3. The number of ketones is 1. The molecule has 212 valence electrons. The van der Waals surface area contributed by atoms with Gasteiger partial charge in [0.2, 0.25) is 0 Å². The second kappa shape index (κ2) is 13.6. The molecule has 3 N–H and O–H groups in total. The minimum absolute atomic E-state index is 0.112. The Balaban J connectivity index is 1.82. The molecule has 0 radical (unpaired) electrons. The van der Waals surface area contributed by atoms with E-state index in [0.29, 0.717) is 34.7 Å². The Morgan fingerprint density at radius 2 is 1.50 bits per heavy atom. The van der Waals surface area contributed by atoms with E-state index < -0.39 is 6.10 Å². The summed E-state index contributed by atoms with van der Waals surface area (Å²) in [6.07, 6.45) is 7.05. The highest BCUT2D eigenvalue weighted by molar-refractivity contribution is 6.15. The normalized spacial score (nSPS) is 13.7. The molecule has 4 aromatic rings. The summed E-state index contributed by atoms with van der Waals surface area (Å²) in [6.45, 7) is 7.45. The number of phenolic OH excluding ortho intramolecular Hbond substituents is 1. The van der Waals surface area contributed by atoms with Crippen LogP contribution in [0.3, 0.4) is 0 Å². The number of unbranched alkanes of at least 4 members (excludes halogenated alkanes) is 3. The van der Waals surface area contributed by atoms with E-state index in [-0.39, 0.29) is 11.5 Å². The number of oxime groups is 1. The summed E-state index contributed by atoms with van der Waals surface area (Å²) >= 11 is 0. The molecule has 40 heavy (non-hydrogen) atoms. The van der Waals surface area contributed by atoms with Crippen molar-refractivity contribution < 1.29 is 20.2 Å². The summed E-state index contributed by atoms with van der Waals surface area (Å²) in [5, 5.41) is 35.8. The van der Waals surface area contributed by atoms with Crippen LogP contribution < -0.4 is 0 Å². The second-order valence-corrected chi connectivity index (χ2v) is 10.9. The first-order valence-electron chi connectivity index (χ1n) is 14.7. The van der Waals surface area contributed by atoms with Gasteiger partial charge in [0.15, 0.2) is 5.78 Å². The number of hydrogen-bond acceptors (Lipinski definition) is 5. The SMILES string of the molecule is CCCCC/C(=N/O)C(O)c1ccc2c(c1)c1cc(C(=O)c3ccc(O)cc3)ccc1n2CC(CC)CCCC. The number of carbonyl (C=O) groups is 1. The molecule has 0 aliphatic carbocycles. The second-order valence-electron chi connectivity index (χ2n) is 10.9. The van der Waals surface area contributed by atoms with Crippen LogP contribution >= 0.6 is 0 Å². The van der Waals surface area contributed by atoms with Crippen LogP contribution in [0, 0.1) is 5.92 Å². The monoisotopic (exact) mass is 542 g/mol. The molecule has 4 rings (SSSR count). The number of nitrogens with zero attached hydrogens (tertiary/aromatic N) is 2. The Hall–Kier alpha value is -3.64. The minimum Gasteiger partial charge on any atom is -0.508 e. The van der Waals surface area contributed by atoms with Gasteiger partial charge in [-0.2, -0.15) is 0 Å². The predicted molar refractivity (Wildman–Crippen MR) is 163 cm³/mol. The molecule has 0 saturated carbocycles. The standard InChI is InChI=1S/C34H42N2O4/c1-4-7-9-11-30(35-40)34(39)26-15-19-32-29(21-26)28-20-25(33(38)24-12-16-27(37)17-13-24)14-18-31(28)36(32)22-23(6-3)10-8-5-2/h12-21,23,34,37,39-40H,4-11,22H2,1-3H3/b35-30-. The lowest BCUT2D eigenvalue weighted by Gasteiger charge is -2.18. The third kappa shape index (κ3) is 6.39. The zero-order valence-corrected chi connectivity index (χ0v) is 23.9. The van der Waals surface area contributed by atoms with Gasteiger partial charge in [0.05, 0.1) is 5.71 Å². The maximum Gasteiger partial charge on any atom is 0.193 e. The summed E-state index contributed by atoms with van der Waals surface area (Å²) < 4.78 is 2.35. The number of aromatic nitrogens is 1. The fourth-order valence-corrected chi connectivity index (χ4v) is 5.57. The summed E-state index contributed by atoms with van der Waals surface area (Å²) in [7, 11) is 0. The zero-order valence-electron chi connectivity index (χ0n) is 23.9. The summed E-state index contributed by atoms with van der Waals surface area (Å²) in [4.78, 5) is 13.3. The Labute approximate surface area is 237 Å². The van der Waals surface area contributed by atoms with E-state index in [1.807, 2.05) is 36.4 Å². The highest BCUT2D eigenvalue weighted by Crippen LogP contribution is 2.34. The van der Waals surface area contributed by atoms with Gasteiger partial charge >= 0.3 is 0 Å². The first-order valence-corrected chi connectivity index (χ1v) is 14.7. The van der Waals surface area contributed by atoms with Gasteiger partial charge in [0.25, 0.3) is 0 Å². The van der Waals surface area contributed by atoms with Crippen molar-refractivity contribution in [1.82, 2.24) is 4.57 Å². The smallest absolute Gasteiger partial charge is 0.193 e.